The third-order valence-electron chi connectivity index (χ3n) is 3.35. The predicted molar refractivity (Wildman–Crippen MR) is 88.8 cm³/mol. The smallest absolute Gasteiger partial charge is 0.340 e. The number of anilines is 2. The van der Waals surface area contributed by atoms with Crippen molar-refractivity contribution >= 4 is 35.8 Å². The van der Waals surface area contributed by atoms with E-state index < -0.39 is 5.97 Å². The van der Waals surface area contributed by atoms with Crippen molar-refractivity contribution in [2.24, 2.45) is 0 Å². The van der Waals surface area contributed by atoms with Crippen molar-refractivity contribution in [2.45, 2.75) is 0 Å². The molecule has 0 amide bonds. The molecule has 1 aliphatic rings. The van der Waals surface area contributed by atoms with Crippen LogP contribution in [0.4, 0.5) is 11.4 Å². The van der Waals surface area contributed by atoms with Gasteiger partial charge in [0.15, 0.2) is 13.0 Å². The Labute approximate surface area is 137 Å². The maximum atomic E-state index is 12.1. The molecule has 1 N–H and O–H groups in total. The quantitative estimate of drug-likeness (QED) is 0.513. The van der Waals surface area contributed by atoms with Gasteiger partial charge in [-0.25, -0.2) is 4.79 Å². The molecule has 7 heteroatoms. The van der Waals surface area contributed by atoms with E-state index in [1.54, 1.807) is 47.8 Å². The van der Waals surface area contributed by atoms with Gasteiger partial charge in [-0.15, -0.1) is 0 Å². The number of rotatable bonds is 5. The monoisotopic (exact) mass is 330 g/mol. The van der Waals surface area contributed by atoms with Gasteiger partial charge >= 0.3 is 5.97 Å². The molecule has 6 nitrogen and oxygen atoms in total. The van der Waals surface area contributed by atoms with E-state index in [4.69, 9.17) is 9.47 Å². The predicted octanol–water partition coefficient (Wildman–Crippen LogP) is 3.12. The van der Waals surface area contributed by atoms with Gasteiger partial charge in [-0.05, 0) is 30.3 Å². The number of esters is 1. The van der Waals surface area contributed by atoms with Crippen LogP contribution in [0.2, 0.25) is 0 Å². The molecule has 2 aromatic carbocycles. The van der Waals surface area contributed by atoms with Crippen LogP contribution in [0.15, 0.2) is 42.5 Å². The topological polar surface area (TPSA) is 67.9 Å². The fourth-order valence-corrected chi connectivity index (χ4v) is 2.95. The van der Waals surface area contributed by atoms with Crippen molar-refractivity contribution < 1.29 is 19.1 Å². The summed E-state index contributed by atoms with van der Waals surface area (Å²) >= 11 is 1.27. The van der Waals surface area contributed by atoms with E-state index in [0.29, 0.717) is 16.9 Å². The Morgan fingerprint density at radius 2 is 2.13 bits per heavy atom. The van der Waals surface area contributed by atoms with Gasteiger partial charge in [-0.1, -0.05) is 12.1 Å². The molecule has 0 fully saturated rings. The van der Waals surface area contributed by atoms with Crippen LogP contribution in [0, 0.1) is 0 Å². The van der Waals surface area contributed by atoms with Crippen LogP contribution in [-0.4, -0.2) is 26.1 Å². The van der Waals surface area contributed by atoms with Gasteiger partial charge < -0.3 is 14.2 Å². The van der Waals surface area contributed by atoms with Gasteiger partial charge in [0.2, 0.25) is 0 Å². The Morgan fingerprint density at radius 1 is 1.30 bits per heavy atom. The Kier molecular flexibility index (Phi) is 4.38. The first-order valence-electron chi connectivity index (χ1n) is 6.83. The van der Waals surface area contributed by atoms with Gasteiger partial charge in [0, 0.05) is 5.56 Å². The summed E-state index contributed by atoms with van der Waals surface area (Å²) in [6, 6.07) is 12.1. The van der Waals surface area contributed by atoms with Crippen molar-refractivity contribution in [3.63, 3.8) is 0 Å². The zero-order valence-corrected chi connectivity index (χ0v) is 13.1. The number of fused-ring (bicyclic) bond motifs is 1. The molecule has 118 valence electrons. The average Bonchev–Trinajstić information content (AvgIpc) is 3.02. The second-order valence-corrected chi connectivity index (χ2v) is 5.55. The largest absolute Gasteiger partial charge is 0.497 e. The number of para-hydroxylation sites is 1. The van der Waals surface area contributed by atoms with E-state index in [0.717, 1.165) is 17.7 Å². The first-order valence-corrected chi connectivity index (χ1v) is 7.60. The molecule has 0 aromatic heterocycles. The summed E-state index contributed by atoms with van der Waals surface area (Å²) in [5.74, 6) is 0.155. The summed E-state index contributed by atoms with van der Waals surface area (Å²) in [5, 5.41) is 0. The normalized spacial score (nSPS) is 12.3. The first kappa shape index (κ1) is 15.2. The zero-order chi connectivity index (χ0) is 16.2. The second kappa shape index (κ2) is 6.62. The number of methoxy groups -OCH3 is 1. The molecule has 0 atom stereocenters. The van der Waals surface area contributed by atoms with Crippen molar-refractivity contribution in [3.8, 4) is 5.75 Å². The lowest BCUT2D eigenvalue weighted by Gasteiger charge is -2.16. The Bertz CT molecular complexity index is 751. The number of hydrogen-bond donors (Lipinski definition) is 1. The lowest BCUT2D eigenvalue weighted by atomic mass is 10.1. The first-order chi connectivity index (χ1) is 11.2. The highest BCUT2D eigenvalue weighted by atomic mass is 32.2. The van der Waals surface area contributed by atoms with Crippen LogP contribution in [0.25, 0.3) is 0 Å². The van der Waals surface area contributed by atoms with Crippen LogP contribution < -0.4 is 13.8 Å². The Balaban J connectivity index is 1.68. The molecule has 0 bridgehead atoms. The third kappa shape index (κ3) is 3.09. The highest BCUT2D eigenvalue weighted by molar-refractivity contribution is 8.02. The van der Waals surface area contributed by atoms with E-state index in [1.165, 1.54) is 12.1 Å². The summed E-state index contributed by atoms with van der Waals surface area (Å²) in [7, 11) is 1.54. The molecule has 23 heavy (non-hydrogen) atoms. The Morgan fingerprint density at radius 3 is 2.91 bits per heavy atom. The maximum absolute atomic E-state index is 12.1. The molecule has 0 saturated heterocycles. The number of nitrogens with one attached hydrogen (secondary N) is 1. The number of hydrogen-bond acceptors (Lipinski definition) is 7. The van der Waals surface area contributed by atoms with Crippen molar-refractivity contribution in [2.75, 3.05) is 22.9 Å². The minimum atomic E-state index is -0.440. The van der Waals surface area contributed by atoms with E-state index in [9.17, 15) is 9.59 Å². The number of carbonyl (C=O) groups is 2. The number of benzene rings is 2. The van der Waals surface area contributed by atoms with Gasteiger partial charge in [-0.3, -0.25) is 9.10 Å². The Hall–Kier alpha value is -2.67. The third-order valence-corrected chi connectivity index (χ3v) is 4.16. The van der Waals surface area contributed by atoms with Crippen LogP contribution in [0.3, 0.4) is 0 Å². The van der Waals surface area contributed by atoms with Crippen molar-refractivity contribution in [3.05, 3.63) is 53.6 Å². The number of aldehydes is 1. The lowest BCUT2D eigenvalue weighted by Crippen LogP contribution is -2.19. The van der Waals surface area contributed by atoms with E-state index in [-0.39, 0.29) is 6.73 Å². The molecule has 2 aromatic rings. The molecular weight excluding hydrogens is 316 g/mol. The van der Waals surface area contributed by atoms with Crippen LogP contribution in [0.1, 0.15) is 20.7 Å². The summed E-state index contributed by atoms with van der Waals surface area (Å²) in [5.41, 5.74) is 2.52. The minimum absolute atomic E-state index is 0.0586. The summed E-state index contributed by atoms with van der Waals surface area (Å²) in [6.45, 7) is 0.0586. The summed E-state index contributed by atoms with van der Waals surface area (Å²) in [6.07, 6.45) is 0.790. The number of ether oxygens (including phenoxy) is 2. The van der Waals surface area contributed by atoms with Crippen molar-refractivity contribution in [1.29, 1.82) is 0 Å². The van der Waals surface area contributed by atoms with Crippen LogP contribution >= 0.6 is 12.1 Å². The minimum Gasteiger partial charge on any atom is -0.497 e. The van der Waals surface area contributed by atoms with Crippen molar-refractivity contribution in [1.82, 2.24) is 0 Å². The molecule has 0 saturated carbocycles. The zero-order valence-electron chi connectivity index (χ0n) is 12.3. The van der Waals surface area contributed by atoms with Gasteiger partial charge in [0.25, 0.3) is 0 Å². The highest BCUT2D eigenvalue weighted by Crippen LogP contribution is 2.40. The summed E-state index contributed by atoms with van der Waals surface area (Å²) < 4.78 is 15.2. The molecule has 0 radical (unpaired) electrons. The van der Waals surface area contributed by atoms with E-state index in [1.807, 2.05) is 6.07 Å². The SMILES string of the molecule is COc1cccc(C(=O)OCN2SNc3c(C=O)cccc32)c1. The number of carbonyl (C=O) groups excluding carboxylic acids is 2. The maximum Gasteiger partial charge on any atom is 0.340 e. The molecular formula is C16H14N2O4S. The highest BCUT2D eigenvalue weighted by Gasteiger charge is 2.23. The van der Waals surface area contributed by atoms with E-state index in [2.05, 4.69) is 4.72 Å². The van der Waals surface area contributed by atoms with Crippen LogP contribution in [-0.2, 0) is 4.74 Å². The average molecular weight is 330 g/mol. The second-order valence-electron chi connectivity index (χ2n) is 4.72. The van der Waals surface area contributed by atoms with E-state index >= 15 is 0 Å². The van der Waals surface area contributed by atoms with Gasteiger partial charge in [0.1, 0.15) is 5.75 Å². The summed E-state index contributed by atoms with van der Waals surface area (Å²) in [4.78, 5) is 23.1. The fraction of sp³-hybridized carbons (Fsp3) is 0.125. The number of nitrogens with zero attached hydrogens (tertiary/aromatic N) is 1. The molecule has 3 rings (SSSR count). The van der Waals surface area contributed by atoms with Gasteiger partial charge in [0.05, 0.1) is 36.2 Å². The molecule has 0 spiro atoms. The standard InChI is InChI=1S/C16H14N2O4S/c1-21-13-6-2-4-11(8-13)16(20)22-10-18-14-7-3-5-12(9-19)15(14)17-23-18/h2-9,17H,10H2,1H3. The lowest BCUT2D eigenvalue weighted by molar-refractivity contribution is 0.0521. The van der Waals surface area contributed by atoms with Crippen LogP contribution in [0.5, 0.6) is 5.75 Å². The molecule has 0 aliphatic carbocycles. The van der Waals surface area contributed by atoms with Gasteiger partial charge in [-0.2, -0.15) is 0 Å². The fourth-order valence-electron chi connectivity index (χ4n) is 2.17. The molecule has 1 heterocycles. The molecule has 0 unspecified atom stereocenters. The molecule has 1 aliphatic heterocycles.